The average Bonchev–Trinajstić information content (AvgIpc) is 2.54. The molecule has 0 aliphatic heterocycles. The molecule has 0 spiro atoms. The van der Waals surface area contributed by atoms with Crippen LogP contribution in [-0.2, 0) is 4.79 Å². The topological polar surface area (TPSA) is 47.6 Å². The maximum atomic E-state index is 12.0. The van der Waals surface area contributed by atoms with E-state index in [0.717, 1.165) is 11.3 Å². The fraction of sp³-hybridized carbons (Fsp3) is 0.278. The molecule has 0 saturated carbocycles. The largest absolute Gasteiger partial charge is 0.494 e. The Bertz CT molecular complexity index is 689. The zero-order chi connectivity index (χ0) is 17.5. The highest BCUT2D eigenvalue weighted by Gasteiger charge is 2.13. The smallest absolute Gasteiger partial charge is 0.258 e. The molecule has 0 bridgehead atoms. The van der Waals surface area contributed by atoms with Gasteiger partial charge < -0.3 is 14.8 Å². The molecule has 0 aliphatic carbocycles. The van der Waals surface area contributed by atoms with Crippen LogP contribution < -0.4 is 14.8 Å². The van der Waals surface area contributed by atoms with Crippen molar-refractivity contribution >= 4 is 29.1 Å². The molecule has 2 aromatic rings. The van der Waals surface area contributed by atoms with Crippen LogP contribution in [0.3, 0.4) is 0 Å². The van der Waals surface area contributed by atoms with Gasteiger partial charge in [0.05, 0.1) is 12.6 Å². The molecule has 24 heavy (non-hydrogen) atoms. The van der Waals surface area contributed by atoms with Gasteiger partial charge in [0.1, 0.15) is 11.5 Å². The van der Waals surface area contributed by atoms with Crippen LogP contribution in [0.15, 0.2) is 42.5 Å². The van der Waals surface area contributed by atoms with Gasteiger partial charge in [-0.3, -0.25) is 4.79 Å². The van der Waals surface area contributed by atoms with Crippen molar-refractivity contribution in [1.82, 2.24) is 5.32 Å². The summed E-state index contributed by atoms with van der Waals surface area (Å²) in [5.74, 6) is 1.13. The molecule has 1 N–H and O–H groups in total. The van der Waals surface area contributed by atoms with Crippen LogP contribution in [0.1, 0.15) is 25.5 Å². The number of hydrogen-bond donors (Lipinski definition) is 1. The van der Waals surface area contributed by atoms with Gasteiger partial charge in [0.15, 0.2) is 6.61 Å². The number of rotatable bonds is 7. The van der Waals surface area contributed by atoms with Gasteiger partial charge in [-0.15, -0.1) is 0 Å². The van der Waals surface area contributed by atoms with Gasteiger partial charge in [-0.25, -0.2) is 0 Å². The van der Waals surface area contributed by atoms with Crippen LogP contribution in [0.5, 0.6) is 11.5 Å². The quantitative estimate of drug-likeness (QED) is 0.774. The molecule has 1 amide bonds. The Hall–Kier alpha value is -1.91. The lowest BCUT2D eigenvalue weighted by atomic mass is 10.1. The van der Waals surface area contributed by atoms with Crippen molar-refractivity contribution < 1.29 is 14.3 Å². The third kappa shape index (κ3) is 5.32. The van der Waals surface area contributed by atoms with E-state index >= 15 is 0 Å². The standard InChI is InChI=1S/C18H19Cl2NO3/c1-3-23-14-5-7-15(8-6-14)24-11-18(22)21-12(2)16-9-4-13(19)10-17(16)20/h4-10,12H,3,11H2,1-2H3,(H,21,22)/t12-/m1/s1. The summed E-state index contributed by atoms with van der Waals surface area (Å²) in [5.41, 5.74) is 0.801. The van der Waals surface area contributed by atoms with Crippen LogP contribution in [0.2, 0.25) is 10.0 Å². The van der Waals surface area contributed by atoms with Crippen LogP contribution in [0.25, 0.3) is 0 Å². The molecule has 0 unspecified atom stereocenters. The molecule has 2 aromatic carbocycles. The van der Waals surface area contributed by atoms with Gasteiger partial charge in [-0.1, -0.05) is 29.3 Å². The highest BCUT2D eigenvalue weighted by Crippen LogP contribution is 2.26. The minimum Gasteiger partial charge on any atom is -0.494 e. The minimum absolute atomic E-state index is 0.0798. The van der Waals surface area contributed by atoms with E-state index in [-0.39, 0.29) is 18.6 Å². The van der Waals surface area contributed by atoms with Crippen LogP contribution >= 0.6 is 23.2 Å². The first-order chi connectivity index (χ1) is 11.5. The molecule has 0 heterocycles. The zero-order valence-electron chi connectivity index (χ0n) is 13.5. The molecule has 6 heteroatoms. The van der Waals surface area contributed by atoms with Crippen LogP contribution in [0.4, 0.5) is 0 Å². The number of nitrogens with one attached hydrogen (secondary N) is 1. The second kappa shape index (κ2) is 8.81. The van der Waals surface area contributed by atoms with Crippen molar-refractivity contribution in [3.63, 3.8) is 0 Å². The highest BCUT2D eigenvalue weighted by molar-refractivity contribution is 6.35. The van der Waals surface area contributed by atoms with Gasteiger partial charge in [0.25, 0.3) is 5.91 Å². The SMILES string of the molecule is CCOc1ccc(OCC(=O)N[C@H](C)c2ccc(Cl)cc2Cl)cc1. The van der Waals surface area contributed by atoms with E-state index in [4.69, 9.17) is 32.7 Å². The predicted molar refractivity (Wildman–Crippen MR) is 96.1 cm³/mol. The molecule has 128 valence electrons. The summed E-state index contributed by atoms with van der Waals surface area (Å²) in [6.45, 7) is 4.30. The fourth-order valence-electron chi connectivity index (χ4n) is 2.16. The number of halogens is 2. The van der Waals surface area contributed by atoms with Crippen molar-refractivity contribution in [1.29, 1.82) is 0 Å². The zero-order valence-corrected chi connectivity index (χ0v) is 15.0. The van der Waals surface area contributed by atoms with E-state index in [0.29, 0.717) is 22.4 Å². The molecule has 0 radical (unpaired) electrons. The number of carbonyl (C=O) groups is 1. The lowest BCUT2D eigenvalue weighted by Gasteiger charge is -2.16. The normalized spacial score (nSPS) is 11.7. The van der Waals surface area contributed by atoms with Gasteiger partial charge in [-0.2, -0.15) is 0 Å². The third-order valence-electron chi connectivity index (χ3n) is 3.31. The Morgan fingerprint density at radius 3 is 2.29 bits per heavy atom. The van der Waals surface area contributed by atoms with Gasteiger partial charge in [-0.05, 0) is 55.8 Å². The summed E-state index contributed by atoms with van der Waals surface area (Å²) in [6.07, 6.45) is 0. The Kier molecular flexibility index (Phi) is 6.76. The molecule has 0 saturated heterocycles. The Morgan fingerprint density at radius 2 is 1.71 bits per heavy atom. The maximum Gasteiger partial charge on any atom is 0.258 e. The van der Waals surface area contributed by atoms with Crippen molar-refractivity contribution in [2.75, 3.05) is 13.2 Å². The monoisotopic (exact) mass is 367 g/mol. The third-order valence-corrected chi connectivity index (χ3v) is 3.87. The highest BCUT2D eigenvalue weighted by atomic mass is 35.5. The van der Waals surface area contributed by atoms with E-state index in [1.54, 1.807) is 42.5 Å². The molecule has 0 aliphatic rings. The summed E-state index contributed by atoms with van der Waals surface area (Å²) in [7, 11) is 0. The minimum atomic E-state index is -0.244. The molecule has 0 aromatic heterocycles. The predicted octanol–water partition coefficient (Wildman–Crippen LogP) is 4.65. The summed E-state index contributed by atoms with van der Waals surface area (Å²) >= 11 is 12.0. The molecular weight excluding hydrogens is 349 g/mol. The summed E-state index contributed by atoms with van der Waals surface area (Å²) in [4.78, 5) is 12.0. The van der Waals surface area contributed by atoms with Gasteiger partial charge in [0.2, 0.25) is 0 Å². The molecule has 0 fully saturated rings. The molecule has 2 rings (SSSR count). The fourth-order valence-corrected chi connectivity index (χ4v) is 2.73. The van der Waals surface area contributed by atoms with E-state index in [9.17, 15) is 4.79 Å². The molecule has 4 nitrogen and oxygen atoms in total. The van der Waals surface area contributed by atoms with Crippen molar-refractivity contribution in [3.05, 3.63) is 58.1 Å². The molecular formula is C18H19Cl2NO3. The van der Waals surface area contributed by atoms with Crippen molar-refractivity contribution in [2.45, 2.75) is 19.9 Å². The van der Waals surface area contributed by atoms with Crippen LogP contribution in [-0.4, -0.2) is 19.1 Å². The Morgan fingerprint density at radius 1 is 1.08 bits per heavy atom. The summed E-state index contributed by atoms with van der Waals surface area (Å²) in [5, 5.41) is 3.92. The second-order valence-corrected chi connectivity index (χ2v) is 5.99. The van der Waals surface area contributed by atoms with Crippen molar-refractivity contribution in [3.8, 4) is 11.5 Å². The van der Waals surface area contributed by atoms with E-state index < -0.39 is 0 Å². The lowest BCUT2D eigenvalue weighted by Crippen LogP contribution is -2.31. The number of ether oxygens (including phenoxy) is 2. The first kappa shape index (κ1) is 18.4. The van der Waals surface area contributed by atoms with E-state index in [2.05, 4.69) is 5.32 Å². The van der Waals surface area contributed by atoms with Gasteiger partial charge >= 0.3 is 0 Å². The average molecular weight is 368 g/mol. The Balaban J connectivity index is 1.86. The summed E-state index contributed by atoms with van der Waals surface area (Å²) < 4.78 is 10.8. The maximum absolute atomic E-state index is 12.0. The summed E-state index contributed by atoms with van der Waals surface area (Å²) in [6, 6.07) is 12.1. The van der Waals surface area contributed by atoms with Gasteiger partial charge in [0, 0.05) is 10.0 Å². The number of hydrogen-bond acceptors (Lipinski definition) is 3. The van der Waals surface area contributed by atoms with Crippen LogP contribution in [0, 0.1) is 0 Å². The van der Waals surface area contributed by atoms with E-state index in [1.807, 2.05) is 13.8 Å². The first-order valence-corrected chi connectivity index (χ1v) is 8.35. The first-order valence-electron chi connectivity index (χ1n) is 7.59. The van der Waals surface area contributed by atoms with Crippen molar-refractivity contribution in [2.24, 2.45) is 0 Å². The number of carbonyl (C=O) groups excluding carboxylic acids is 1. The number of amides is 1. The molecule has 1 atom stereocenters. The second-order valence-electron chi connectivity index (χ2n) is 5.15. The number of benzene rings is 2. The van der Waals surface area contributed by atoms with E-state index in [1.165, 1.54) is 0 Å². The Labute approximate surface area is 151 Å². The lowest BCUT2D eigenvalue weighted by molar-refractivity contribution is -0.123.